The zero-order chi connectivity index (χ0) is 14.5. The highest BCUT2D eigenvalue weighted by Gasteiger charge is 2.19. The van der Waals surface area contributed by atoms with Gasteiger partial charge in [-0.25, -0.2) is 0 Å². The molecule has 2 aliphatic rings. The molecular weight excluding hydrogens is 302 g/mol. The predicted octanol–water partition coefficient (Wildman–Crippen LogP) is 3.56. The second kappa shape index (κ2) is 7.45. The number of benzene rings is 1. The van der Waals surface area contributed by atoms with Crippen LogP contribution in [0.2, 0.25) is 0 Å². The zero-order valence-corrected chi connectivity index (χ0v) is 13.8. The number of piperidine rings is 1. The fourth-order valence-corrected chi connectivity index (χ4v) is 5.51. The van der Waals surface area contributed by atoms with E-state index in [1.807, 2.05) is 40.6 Å². The molecule has 0 spiro atoms. The Hall–Kier alpha value is -0.810. The maximum atomic E-state index is 12.0. The van der Waals surface area contributed by atoms with E-state index in [0.29, 0.717) is 4.58 Å². The van der Waals surface area contributed by atoms with Crippen molar-refractivity contribution in [3.63, 3.8) is 0 Å². The first-order valence-corrected chi connectivity index (χ1v) is 9.66. The van der Waals surface area contributed by atoms with Gasteiger partial charge < -0.3 is 9.64 Å². The first kappa shape index (κ1) is 15.1. The molecule has 2 saturated heterocycles. The van der Waals surface area contributed by atoms with E-state index < -0.39 is 0 Å². The van der Waals surface area contributed by atoms with Crippen LogP contribution < -0.4 is 4.74 Å². The third-order valence-electron chi connectivity index (χ3n) is 3.85. The molecule has 21 heavy (non-hydrogen) atoms. The fraction of sp³-hybridized carbons (Fsp3) is 0.562. The van der Waals surface area contributed by atoms with Crippen LogP contribution >= 0.6 is 23.5 Å². The van der Waals surface area contributed by atoms with Crippen molar-refractivity contribution in [2.24, 2.45) is 0 Å². The summed E-state index contributed by atoms with van der Waals surface area (Å²) in [6.45, 7) is 1.93. The van der Waals surface area contributed by atoms with Gasteiger partial charge in [0.15, 0.2) is 6.61 Å². The van der Waals surface area contributed by atoms with Crippen molar-refractivity contribution < 1.29 is 9.53 Å². The van der Waals surface area contributed by atoms with Gasteiger partial charge in [0, 0.05) is 24.6 Å². The zero-order valence-electron chi connectivity index (χ0n) is 12.1. The third-order valence-corrected chi connectivity index (χ3v) is 6.95. The first-order valence-electron chi connectivity index (χ1n) is 7.57. The molecule has 114 valence electrons. The quantitative estimate of drug-likeness (QED) is 0.847. The van der Waals surface area contributed by atoms with E-state index in [1.165, 1.54) is 23.5 Å². The number of carbonyl (C=O) groups excluding carboxylic acids is 1. The van der Waals surface area contributed by atoms with Gasteiger partial charge in [-0.15, -0.1) is 23.5 Å². The lowest BCUT2D eigenvalue weighted by molar-refractivity contribution is -0.134. The van der Waals surface area contributed by atoms with E-state index in [2.05, 4.69) is 12.1 Å². The highest BCUT2D eigenvalue weighted by molar-refractivity contribution is 8.19. The minimum absolute atomic E-state index is 0.112. The van der Waals surface area contributed by atoms with E-state index in [1.54, 1.807) is 0 Å². The standard InChI is InChI=1S/C16H21NO2S2/c18-15(17-8-2-1-3-9-17)12-19-14-6-4-13(5-7-14)16-20-10-11-21-16/h4-7,16H,1-3,8-12H2. The molecule has 0 saturated carbocycles. The lowest BCUT2D eigenvalue weighted by Crippen LogP contribution is -2.38. The summed E-state index contributed by atoms with van der Waals surface area (Å²) in [6.07, 6.45) is 3.48. The highest BCUT2D eigenvalue weighted by atomic mass is 32.2. The monoisotopic (exact) mass is 323 g/mol. The smallest absolute Gasteiger partial charge is 0.260 e. The average molecular weight is 323 g/mol. The molecule has 3 rings (SSSR count). The maximum absolute atomic E-state index is 12.0. The van der Waals surface area contributed by atoms with Gasteiger partial charge in [-0.05, 0) is 37.0 Å². The molecule has 2 fully saturated rings. The van der Waals surface area contributed by atoms with Crippen LogP contribution in [0, 0.1) is 0 Å². The Balaban J connectivity index is 1.49. The molecule has 0 aromatic heterocycles. The second-order valence-corrected chi connectivity index (χ2v) is 8.10. The topological polar surface area (TPSA) is 29.5 Å². The van der Waals surface area contributed by atoms with Crippen LogP contribution in [0.15, 0.2) is 24.3 Å². The van der Waals surface area contributed by atoms with Crippen LogP contribution in [0.3, 0.4) is 0 Å². The van der Waals surface area contributed by atoms with Crippen molar-refractivity contribution in [3.8, 4) is 5.75 Å². The summed E-state index contributed by atoms with van der Waals surface area (Å²) >= 11 is 4.00. The number of carbonyl (C=O) groups is 1. The lowest BCUT2D eigenvalue weighted by Gasteiger charge is -2.26. The molecule has 5 heteroatoms. The Bertz CT molecular complexity index is 466. The molecule has 2 heterocycles. The number of likely N-dealkylation sites (tertiary alicyclic amines) is 1. The summed E-state index contributed by atoms with van der Waals surface area (Å²) in [7, 11) is 0. The van der Waals surface area contributed by atoms with Crippen molar-refractivity contribution in [1.82, 2.24) is 4.90 Å². The number of hydrogen-bond acceptors (Lipinski definition) is 4. The minimum atomic E-state index is 0.112. The SMILES string of the molecule is O=C(COc1ccc(C2SCCS2)cc1)N1CCCCC1. The Morgan fingerprint density at radius 2 is 1.76 bits per heavy atom. The third kappa shape index (κ3) is 4.10. The molecule has 3 nitrogen and oxygen atoms in total. The van der Waals surface area contributed by atoms with Crippen molar-refractivity contribution in [3.05, 3.63) is 29.8 Å². The lowest BCUT2D eigenvalue weighted by atomic mass is 10.1. The van der Waals surface area contributed by atoms with E-state index in [0.717, 1.165) is 31.7 Å². The van der Waals surface area contributed by atoms with E-state index in [-0.39, 0.29) is 12.5 Å². The van der Waals surface area contributed by atoms with Crippen LogP contribution in [-0.4, -0.2) is 42.0 Å². The summed E-state index contributed by atoms with van der Waals surface area (Å²) in [6, 6.07) is 8.21. The molecule has 0 unspecified atom stereocenters. The molecule has 0 bridgehead atoms. The molecule has 1 aromatic rings. The van der Waals surface area contributed by atoms with Crippen LogP contribution in [0.25, 0.3) is 0 Å². The summed E-state index contributed by atoms with van der Waals surface area (Å²) in [4.78, 5) is 14.0. The van der Waals surface area contributed by atoms with Gasteiger partial charge in [-0.2, -0.15) is 0 Å². The fourth-order valence-electron chi connectivity index (χ4n) is 2.65. The summed E-state index contributed by atoms with van der Waals surface area (Å²) < 4.78 is 6.20. The Morgan fingerprint density at radius 3 is 2.43 bits per heavy atom. The minimum Gasteiger partial charge on any atom is -0.484 e. The molecule has 0 atom stereocenters. The number of hydrogen-bond donors (Lipinski definition) is 0. The number of amides is 1. The highest BCUT2D eigenvalue weighted by Crippen LogP contribution is 2.45. The largest absolute Gasteiger partial charge is 0.484 e. The van der Waals surface area contributed by atoms with Gasteiger partial charge in [0.1, 0.15) is 5.75 Å². The normalized spacial score (nSPS) is 19.7. The Morgan fingerprint density at radius 1 is 1.10 bits per heavy atom. The van der Waals surface area contributed by atoms with Gasteiger partial charge in [-0.1, -0.05) is 12.1 Å². The van der Waals surface area contributed by atoms with Crippen molar-refractivity contribution in [1.29, 1.82) is 0 Å². The number of nitrogens with zero attached hydrogens (tertiary/aromatic N) is 1. The Kier molecular flexibility index (Phi) is 5.36. The van der Waals surface area contributed by atoms with E-state index in [4.69, 9.17) is 4.74 Å². The van der Waals surface area contributed by atoms with Crippen LogP contribution in [0.1, 0.15) is 29.4 Å². The van der Waals surface area contributed by atoms with Gasteiger partial charge in [0.25, 0.3) is 5.91 Å². The molecule has 2 aliphatic heterocycles. The van der Waals surface area contributed by atoms with Crippen LogP contribution in [0.5, 0.6) is 5.75 Å². The van der Waals surface area contributed by atoms with Crippen molar-refractivity contribution in [2.75, 3.05) is 31.2 Å². The van der Waals surface area contributed by atoms with Crippen LogP contribution in [-0.2, 0) is 4.79 Å². The molecule has 1 aromatic carbocycles. The Labute approximate surface area is 134 Å². The number of rotatable bonds is 4. The van der Waals surface area contributed by atoms with Crippen molar-refractivity contribution >= 4 is 29.4 Å². The van der Waals surface area contributed by atoms with Gasteiger partial charge in [0.2, 0.25) is 0 Å². The molecule has 1 amide bonds. The average Bonchev–Trinajstić information content (AvgIpc) is 3.08. The van der Waals surface area contributed by atoms with Gasteiger partial charge in [0.05, 0.1) is 4.58 Å². The maximum Gasteiger partial charge on any atom is 0.260 e. The van der Waals surface area contributed by atoms with E-state index >= 15 is 0 Å². The summed E-state index contributed by atoms with van der Waals surface area (Å²) in [5.41, 5.74) is 1.34. The molecule has 0 radical (unpaired) electrons. The number of thioether (sulfide) groups is 2. The van der Waals surface area contributed by atoms with E-state index in [9.17, 15) is 4.79 Å². The molecular formula is C16H21NO2S2. The summed E-state index contributed by atoms with van der Waals surface area (Å²) in [5, 5.41) is 0. The molecule has 0 N–H and O–H groups in total. The molecule has 0 aliphatic carbocycles. The van der Waals surface area contributed by atoms with Crippen LogP contribution in [0.4, 0.5) is 0 Å². The second-order valence-electron chi connectivity index (χ2n) is 5.37. The van der Waals surface area contributed by atoms with Crippen molar-refractivity contribution in [2.45, 2.75) is 23.8 Å². The van der Waals surface area contributed by atoms with Gasteiger partial charge >= 0.3 is 0 Å². The predicted molar refractivity (Wildman–Crippen MR) is 90.0 cm³/mol. The number of ether oxygens (including phenoxy) is 1. The summed E-state index contributed by atoms with van der Waals surface area (Å²) in [5.74, 6) is 3.37. The van der Waals surface area contributed by atoms with Gasteiger partial charge in [-0.3, -0.25) is 4.79 Å². The first-order chi connectivity index (χ1) is 10.3.